The van der Waals surface area contributed by atoms with E-state index in [4.69, 9.17) is 0 Å². The van der Waals surface area contributed by atoms with Crippen LogP contribution in [0.25, 0.3) is 0 Å². The summed E-state index contributed by atoms with van der Waals surface area (Å²) in [6.07, 6.45) is -4.47. The Hall–Kier alpha value is -0.850. The van der Waals surface area contributed by atoms with Gasteiger partial charge in [-0.25, -0.2) is 0 Å². The Morgan fingerprint density at radius 1 is 1.29 bits per heavy atom. The zero-order chi connectivity index (χ0) is 13.3. The lowest BCUT2D eigenvalue weighted by Gasteiger charge is -2.29. The summed E-state index contributed by atoms with van der Waals surface area (Å²) in [7, 11) is 0. The van der Waals surface area contributed by atoms with E-state index >= 15 is 0 Å². The lowest BCUT2D eigenvalue weighted by Crippen LogP contribution is -2.28. The highest BCUT2D eigenvalue weighted by molar-refractivity contribution is 7.09. The summed E-state index contributed by atoms with van der Waals surface area (Å²) in [5.74, 6) is -0.655. The second-order valence-corrected chi connectivity index (χ2v) is 5.67. The van der Waals surface area contributed by atoms with E-state index in [1.54, 1.807) is 0 Å². The van der Waals surface area contributed by atoms with Gasteiger partial charge in [0.2, 0.25) is 11.0 Å². The van der Waals surface area contributed by atoms with E-state index in [1.165, 1.54) is 0 Å². The second-order valence-electron chi connectivity index (χ2n) is 4.92. The van der Waals surface area contributed by atoms with E-state index in [0.717, 1.165) is 11.5 Å². The largest absolute Gasteiger partial charge is 0.452 e. The number of hydrogen-bond acceptors (Lipinski definition) is 4. The molecule has 0 aliphatic heterocycles. The van der Waals surface area contributed by atoms with Crippen molar-refractivity contribution in [1.82, 2.24) is 9.36 Å². The van der Waals surface area contributed by atoms with Crippen LogP contribution < -0.4 is 5.32 Å². The van der Waals surface area contributed by atoms with Crippen LogP contribution in [0.3, 0.4) is 0 Å². The number of alkyl halides is 3. The van der Waals surface area contributed by atoms with Gasteiger partial charge in [-0.15, -0.1) is 0 Å². The first kappa shape index (κ1) is 14.2. The van der Waals surface area contributed by atoms with E-state index in [1.807, 2.05) is 0 Å². The van der Waals surface area contributed by atoms with Crippen molar-refractivity contribution in [1.29, 1.82) is 0 Å². The summed E-state index contributed by atoms with van der Waals surface area (Å²) in [6.45, 7) is 8.82. The molecule has 1 heterocycles. The average molecular weight is 267 g/mol. The van der Waals surface area contributed by atoms with E-state index in [2.05, 4.69) is 42.4 Å². The van der Waals surface area contributed by atoms with Crippen molar-refractivity contribution >= 4 is 16.7 Å². The lowest BCUT2D eigenvalue weighted by atomic mass is 9.81. The normalized spacial score (nSPS) is 13.2. The predicted octanol–water partition coefficient (Wildman–Crippen LogP) is 3.65. The summed E-state index contributed by atoms with van der Waals surface area (Å²) in [4.78, 5) is 3.42. The van der Waals surface area contributed by atoms with Crippen LogP contribution in [0.4, 0.5) is 18.3 Å². The quantitative estimate of drug-likeness (QED) is 0.904. The van der Waals surface area contributed by atoms with Gasteiger partial charge in [0.15, 0.2) is 0 Å². The van der Waals surface area contributed by atoms with Crippen LogP contribution in [0, 0.1) is 11.3 Å². The third kappa shape index (κ3) is 3.83. The number of anilines is 1. The van der Waals surface area contributed by atoms with Gasteiger partial charge in [0.25, 0.3) is 0 Å². The topological polar surface area (TPSA) is 37.8 Å². The smallest absolute Gasteiger partial charge is 0.360 e. The monoisotopic (exact) mass is 267 g/mol. The summed E-state index contributed by atoms with van der Waals surface area (Å²) in [5, 5.41) is 3.12. The third-order valence-corrected chi connectivity index (χ3v) is 3.61. The van der Waals surface area contributed by atoms with Crippen molar-refractivity contribution in [3.05, 3.63) is 5.82 Å². The number of nitrogens with zero attached hydrogens (tertiary/aromatic N) is 2. The average Bonchev–Trinajstić information content (AvgIpc) is 2.62. The van der Waals surface area contributed by atoms with Gasteiger partial charge in [-0.3, -0.25) is 0 Å². The van der Waals surface area contributed by atoms with Crippen molar-refractivity contribution in [2.45, 2.75) is 33.9 Å². The molecule has 98 valence electrons. The fraction of sp³-hybridized carbons (Fsp3) is 0.800. The Labute approximate surface area is 103 Å². The molecule has 0 saturated carbocycles. The summed E-state index contributed by atoms with van der Waals surface area (Å²) >= 11 is 0.737. The van der Waals surface area contributed by atoms with Crippen LogP contribution in [-0.4, -0.2) is 15.9 Å². The van der Waals surface area contributed by atoms with Crippen LogP contribution in [0.5, 0.6) is 0 Å². The molecule has 1 aromatic rings. The number of rotatable bonds is 4. The van der Waals surface area contributed by atoms with E-state index in [9.17, 15) is 13.2 Å². The molecule has 0 aliphatic rings. The van der Waals surface area contributed by atoms with Crippen LogP contribution in [-0.2, 0) is 6.18 Å². The van der Waals surface area contributed by atoms with Crippen molar-refractivity contribution < 1.29 is 13.2 Å². The molecule has 0 saturated heterocycles. The minimum absolute atomic E-state index is 0.00986. The third-order valence-electron chi connectivity index (χ3n) is 2.94. The van der Waals surface area contributed by atoms with Crippen molar-refractivity contribution in [3.63, 3.8) is 0 Å². The maximum Gasteiger partial charge on any atom is 0.452 e. The van der Waals surface area contributed by atoms with Crippen molar-refractivity contribution in [2.75, 3.05) is 11.9 Å². The second kappa shape index (κ2) is 4.80. The van der Waals surface area contributed by atoms with Gasteiger partial charge in [0, 0.05) is 18.1 Å². The van der Waals surface area contributed by atoms with Crippen LogP contribution >= 0.6 is 11.5 Å². The highest BCUT2D eigenvalue weighted by Crippen LogP contribution is 2.30. The van der Waals surface area contributed by atoms with Gasteiger partial charge in [-0.2, -0.15) is 22.5 Å². The maximum absolute atomic E-state index is 12.3. The molecule has 0 amide bonds. The Bertz CT molecular complexity index is 371. The molecular formula is C10H16F3N3S. The number of halogens is 3. The summed E-state index contributed by atoms with van der Waals surface area (Å²) < 4.78 is 40.0. The Balaban J connectivity index is 2.63. The first-order valence-electron chi connectivity index (χ1n) is 5.27. The Morgan fingerprint density at radius 3 is 2.29 bits per heavy atom. The zero-order valence-electron chi connectivity index (χ0n) is 10.2. The van der Waals surface area contributed by atoms with Crippen LogP contribution in [0.15, 0.2) is 0 Å². The molecule has 0 bridgehead atoms. The van der Waals surface area contributed by atoms with Crippen LogP contribution in [0.1, 0.15) is 33.5 Å². The van der Waals surface area contributed by atoms with Gasteiger partial charge in [0.1, 0.15) is 0 Å². The minimum atomic E-state index is -4.47. The highest BCUT2D eigenvalue weighted by Gasteiger charge is 2.36. The SMILES string of the molecule is CC(C)C(C)(C)CNc1nc(C(F)(F)F)ns1. The first-order valence-corrected chi connectivity index (χ1v) is 6.05. The molecule has 1 N–H and O–H groups in total. The molecule has 0 unspecified atom stereocenters. The van der Waals surface area contributed by atoms with E-state index in [0.29, 0.717) is 12.5 Å². The Morgan fingerprint density at radius 2 is 1.88 bits per heavy atom. The molecule has 0 aliphatic carbocycles. The summed E-state index contributed by atoms with van der Waals surface area (Å²) in [6, 6.07) is 0. The number of aromatic nitrogens is 2. The fourth-order valence-corrected chi connectivity index (χ4v) is 1.50. The molecule has 0 spiro atoms. The molecule has 0 radical (unpaired) electrons. The van der Waals surface area contributed by atoms with Crippen molar-refractivity contribution in [3.8, 4) is 0 Å². The zero-order valence-corrected chi connectivity index (χ0v) is 11.0. The van der Waals surface area contributed by atoms with E-state index in [-0.39, 0.29) is 10.5 Å². The molecule has 7 heteroatoms. The lowest BCUT2D eigenvalue weighted by molar-refractivity contribution is -0.144. The first-order chi connectivity index (χ1) is 7.63. The number of nitrogens with one attached hydrogen (secondary N) is 1. The molecule has 1 aromatic heterocycles. The van der Waals surface area contributed by atoms with Gasteiger partial charge in [0.05, 0.1) is 0 Å². The predicted molar refractivity (Wildman–Crippen MR) is 62.0 cm³/mol. The maximum atomic E-state index is 12.3. The molecule has 0 fully saturated rings. The number of hydrogen-bond donors (Lipinski definition) is 1. The molecule has 1 rings (SSSR count). The minimum Gasteiger partial charge on any atom is -0.360 e. The van der Waals surface area contributed by atoms with Gasteiger partial charge >= 0.3 is 6.18 Å². The van der Waals surface area contributed by atoms with Gasteiger partial charge in [-0.1, -0.05) is 27.7 Å². The van der Waals surface area contributed by atoms with Gasteiger partial charge in [-0.05, 0) is 11.3 Å². The standard InChI is InChI=1S/C10H16F3N3S/c1-6(2)9(3,4)5-14-8-15-7(16-17-8)10(11,12)13/h6H,5H2,1-4H3,(H,14,15,16). The molecular weight excluding hydrogens is 251 g/mol. The van der Waals surface area contributed by atoms with Crippen molar-refractivity contribution in [2.24, 2.45) is 11.3 Å². The Kier molecular flexibility index (Phi) is 4.01. The molecule has 3 nitrogen and oxygen atoms in total. The summed E-state index contributed by atoms with van der Waals surface area (Å²) in [5.41, 5.74) is -0.00986. The van der Waals surface area contributed by atoms with E-state index < -0.39 is 12.0 Å². The molecule has 0 atom stereocenters. The van der Waals surface area contributed by atoms with Gasteiger partial charge < -0.3 is 5.32 Å². The molecule has 0 aromatic carbocycles. The fourth-order valence-electron chi connectivity index (χ4n) is 0.918. The van der Waals surface area contributed by atoms with Crippen LogP contribution in [0.2, 0.25) is 0 Å². The molecule has 17 heavy (non-hydrogen) atoms. The highest BCUT2D eigenvalue weighted by atomic mass is 32.1.